The van der Waals surface area contributed by atoms with E-state index in [9.17, 15) is 4.79 Å². The number of amides is 1. The van der Waals surface area contributed by atoms with Crippen LogP contribution in [0.25, 0.3) is 11.0 Å². The van der Waals surface area contributed by atoms with Gasteiger partial charge in [-0.25, -0.2) is 4.98 Å². The first-order valence-corrected chi connectivity index (χ1v) is 9.74. The van der Waals surface area contributed by atoms with Crippen LogP contribution in [0.3, 0.4) is 0 Å². The molecule has 2 bridgehead atoms. The van der Waals surface area contributed by atoms with Gasteiger partial charge in [-0.05, 0) is 56.0 Å². The summed E-state index contributed by atoms with van der Waals surface area (Å²) in [6.45, 7) is 3.26. The number of piperidine rings is 3. The molecule has 2 aromatic heterocycles. The second-order valence-corrected chi connectivity index (χ2v) is 7.55. The molecule has 0 spiro atoms. The van der Waals surface area contributed by atoms with E-state index < -0.39 is 0 Å². The van der Waals surface area contributed by atoms with Crippen molar-refractivity contribution >= 4 is 16.9 Å². The number of nitrogens with one attached hydrogen (secondary N) is 1. The van der Waals surface area contributed by atoms with Crippen molar-refractivity contribution in [1.29, 1.82) is 0 Å². The number of pyridine rings is 1. The average Bonchev–Trinajstić information content (AvgIpc) is 3.16. The number of rotatable bonds is 2. The smallest absolute Gasteiger partial charge is 0.270 e. The first-order chi connectivity index (χ1) is 13.7. The Hall–Kier alpha value is -3.10. The quantitative estimate of drug-likeness (QED) is 0.704. The van der Waals surface area contributed by atoms with E-state index >= 15 is 0 Å². The first-order valence-electron chi connectivity index (χ1n) is 9.74. The fourth-order valence-electron chi connectivity index (χ4n) is 4.16. The Balaban J connectivity index is 1.33. The van der Waals surface area contributed by atoms with Gasteiger partial charge in [-0.2, -0.15) is 0 Å². The number of nitrogens with zero attached hydrogens (tertiary/aromatic N) is 2. The highest BCUT2D eigenvalue weighted by molar-refractivity contribution is 5.95. The molecule has 0 radical (unpaired) electrons. The van der Waals surface area contributed by atoms with E-state index in [1.807, 2.05) is 36.4 Å². The van der Waals surface area contributed by atoms with E-state index in [1.54, 1.807) is 12.3 Å². The molecule has 0 aliphatic carbocycles. The second kappa shape index (κ2) is 7.14. The summed E-state index contributed by atoms with van der Waals surface area (Å²) in [5.74, 6) is 7.16. The van der Waals surface area contributed by atoms with E-state index in [1.165, 1.54) is 12.8 Å². The molecule has 1 atom stereocenters. The molecule has 1 aromatic carbocycles. The Morgan fingerprint density at radius 1 is 1.14 bits per heavy atom. The number of hydrogen-bond donors (Lipinski definition) is 1. The Labute approximate surface area is 163 Å². The minimum Gasteiger partial charge on any atom is -0.446 e. The molecule has 140 valence electrons. The molecule has 1 amide bonds. The van der Waals surface area contributed by atoms with Gasteiger partial charge in [-0.3, -0.25) is 4.79 Å². The standard InChI is InChI=1S/C23H21N3O2/c27-23(25-21-15-26-10-8-17(21)9-11-26)20-13-18-12-19(28-22(18)14-24-20)7-6-16-4-2-1-3-5-16/h1-5,12-14,17,21H,8-11,15H2,(H,25,27)/t21-/m0/s1. The van der Waals surface area contributed by atoms with E-state index in [2.05, 4.69) is 27.0 Å². The summed E-state index contributed by atoms with van der Waals surface area (Å²) >= 11 is 0. The second-order valence-electron chi connectivity index (χ2n) is 7.55. The van der Waals surface area contributed by atoms with E-state index in [4.69, 9.17) is 4.42 Å². The molecule has 3 aromatic rings. The lowest BCUT2D eigenvalue weighted by molar-refractivity contribution is 0.0618. The Morgan fingerprint density at radius 3 is 2.71 bits per heavy atom. The van der Waals surface area contributed by atoms with E-state index in [0.29, 0.717) is 23.0 Å². The lowest BCUT2D eigenvalue weighted by atomic mass is 9.84. The topological polar surface area (TPSA) is 58.4 Å². The van der Waals surface area contributed by atoms with Crippen molar-refractivity contribution in [1.82, 2.24) is 15.2 Å². The van der Waals surface area contributed by atoms with Crippen molar-refractivity contribution in [2.24, 2.45) is 5.92 Å². The molecular formula is C23H21N3O2. The number of benzene rings is 1. The molecule has 5 heterocycles. The predicted molar refractivity (Wildman–Crippen MR) is 107 cm³/mol. The summed E-state index contributed by atoms with van der Waals surface area (Å²) in [5.41, 5.74) is 1.99. The summed E-state index contributed by atoms with van der Waals surface area (Å²) < 4.78 is 5.74. The molecule has 1 N–H and O–H groups in total. The summed E-state index contributed by atoms with van der Waals surface area (Å²) in [5, 5.41) is 4.02. The fraction of sp³-hybridized carbons (Fsp3) is 0.304. The van der Waals surface area contributed by atoms with Crippen molar-refractivity contribution < 1.29 is 9.21 Å². The maximum absolute atomic E-state index is 12.7. The van der Waals surface area contributed by atoms with Crippen LogP contribution in [0.15, 0.2) is 53.1 Å². The molecule has 28 heavy (non-hydrogen) atoms. The molecule has 3 aliphatic rings. The molecule has 6 rings (SSSR count). The van der Waals surface area contributed by atoms with Crippen LogP contribution in [0.1, 0.15) is 34.7 Å². The third kappa shape index (κ3) is 3.39. The molecule has 3 saturated heterocycles. The third-order valence-corrected chi connectivity index (χ3v) is 5.71. The van der Waals surface area contributed by atoms with Crippen molar-refractivity contribution in [2.45, 2.75) is 18.9 Å². The van der Waals surface area contributed by atoms with Gasteiger partial charge in [0.25, 0.3) is 5.91 Å². The summed E-state index contributed by atoms with van der Waals surface area (Å²) in [4.78, 5) is 19.4. The molecule has 3 fully saturated rings. The van der Waals surface area contributed by atoms with Gasteiger partial charge >= 0.3 is 0 Å². The summed E-state index contributed by atoms with van der Waals surface area (Å²) in [7, 11) is 0. The molecule has 5 heteroatoms. The Kier molecular flexibility index (Phi) is 4.34. The van der Waals surface area contributed by atoms with Crippen LogP contribution < -0.4 is 5.32 Å². The highest BCUT2D eigenvalue weighted by atomic mass is 16.3. The van der Waals surface area contributed by atoms with Crippen LogP contribution in [-0.2, 0) is 0 Å². The molecular weight excluding hydrogens is 350 g/mol. The molecule has 3 aliphatic heterocycles. The van der Waals surface area contributed by atoms with Crippen molar-refractivity contribution in [3.63, 3.8) is 0 Å². The minimum absolute atomic E-state index is 0.112. The van der Waals surface area contributed by atoms with Gasteiger partial charge in [0.1, 0.15) is 5.69 Å². The van der Waals surface area contributed by atoms with Crippen LogP contribution in [0.4, 0.5) is 0 Å². The number of carbonyl (C=O) groups is 1. The van der Waals surface area contributed by atoms with Gasteiger partial charge in [-0.1, -0.05) is 24.1 Å². The van der Waals surface area contributed by atoms with E-state index in [-0.39, 0.29) is 11.9 Å². The number of fused-ring (bicyclic) bond motifs is 4. The number of hydrogen-bond acceptors (Lipinski definition) is 4. The van der Waals surface area contributed by atoms with Gasteiger partial charge < -0.3 is 14.6 Å². The monoisotopic (exact) mass is 371 g/mol. The zero-order chi connectivity index (χ0) is 18.9. The molecule has 0 saturated carbocycles. The number of furan rings is 1. The van der Waals surface area contributed by atoms with Gasteiger partial charge in [0.2, 0.25) is 0 Å². The summed E-state index contributed by atoms with van der Waals surface area (Å²) in [6.07, 6.45) is 3.94. The Bertz CT molecular complexity index is 1070. The van der Waals surface area contributed by atoms with Crippen LogP contribution >= 0.6 is 0 Å². The van der Waals surface area contributed by atoms with Crippen LogP contribution in [0.2, 0.25) is 0 Å². The highest BCUT2D eigenvalue weighted by Gasteiger charge is 2.35. The number of carbonyl (C=O) groups excluding carboxylic acids is 1. The Morgan fingerprint density at radius 2 is 1.96 bits per heavy atom. The third-order valence-electron chi connectivity index (χ3n) is 5.71. The summed E-state index contributed by atoms with van der Waals surface area (Å²) in [6, 6.07) is 13.6. The van der Waals surface area contributed by atoms with Crippen molar-refractivity contribution in [2.75, 3.05) is 19.6 Å². The average molecular weight is 371 g/mol. The van der Waals surface area contributed by atoms with Crippen molar-refractivity contribution in [3.8, 4) is 11.8 Å². The fourth-order valence-corrected chi connectivity index (χ4v) is 4.16. The SMILES string of the molecule is O=C(N[C@H]1CN2CCC1CC2)c1cc2cc(C#Cc3ccccc3)oc2cn1. The molecule has 0 unspecified atom stereocenters. The largest absolute Gasteiger partial charge is 0.446 e. The zero-order valence-electron chi connectivity index (χ0n) is 15.5. The van der Waals surface area contributed by atoms with Crippen LogP contribution in [-0.4, -0.2) is 41.5 Å². The van der Waals surface area contributed by atoms with Crippen LogP contribution in [0, 0.1) is 17.8 Å². The van der Waals surface area contributed by atoms with Gasteiger partial charge in [0.15, 0.2) is 11.3 Å². The highest BCUT2D eigenvalue weighted by Crippen LogP contribution is 2.27. The van der Waals surface area contributed by atoms with Gasteiger partial charge in [0, 0.05) is 29.6 Å². The van der Waals surface area contributed by atoms with Gasteiger partial charge in [0.05, 0.1) is 6.20 Å². The predicted octanol–water partition coefficient (Wildman–Crippen LogP) is 3.05. The normalized spacial score (nSPS) is 23.2. The lowest BCUT2D eigenvalue weighted by Crippen LogP contribution is -2.57. The van der Waals surface area contributed by atoms with E-state index in [0.717, 1.165) is 30.6 Å². The number of aromatic nitrogens is 1. The maximum Gasteiger partial charge on any atom is 0.270 e. The molecule has 5 nitrogen and oxygen atoms in total. The maximum atomic E-state index is 12.7. The minimum atomic E-state index is -0.112. The first kappa shape index (κ1) is 17.0. The zero-order valence-corrected chi connectivity index (χ0v) is 15.5. The van der Waals surface area contributed by atoms with Crippen LogP contribution in [0.5, 0.6) is 0 Å². The van der Waals surface area contributed by atoms with Gasteiger partial charge in [-0.15, -0.1) is 0 Å². The van der Waals surface area contributed by atoms with Crippen molar-refractivity contribution in [3.05, 3.63) is 65.7 Å². The lowest BCUT2D eigenvalue weighted by Gasteiger charge is -2.44.